The van der Waals surface area contributed by atoms with Gasteiger partial charge in [-0.25, -0.2) is 9.97 Å². The standard InChI is InChI=1S/C12H9N5O/c13-11-9(8-3-1-4-14-7-8)10(17-18-11)12-15-5-2-6-16-12/h1-7H,13H2. The molecule has 88 valence electrons. The monoisotopic (exact) mass is 239 g/mol. The third-order valence-corrected chi connectivity index (χ3v) is 2.45. The average Bonchev–Trinajstić information content (AvgIpc) is 2.83. The van der Waals surface area contributed by atoms with Crippen LogP contribution in [0.1, 0.15) is 0 Å². The van der Waals surface area contributed by atoms with Crippen molar-refractivity contribution in [3.05, 3.63) is 43.0 Å². The fourth-order valence-corrected chi connectivity index (χ4v) is 1.67. The van der Waals surface area contributed by atoms with Crippen LogP contribution in [0.4, 0.5) is 5.88 Å². The predicted octanol–water partition coefficient (Wildman–Crippen LogP) is 1.78. The summed E-state index contributed by atoms with van der Waals surface area (Å²) in [5.41, 5.74) is 7.79. The number of anilines is 1. The molecular formula is C12H9N5O. The first-order chi connectivity index (χ1) is 8.86. The number of hydrogen-bond donors (Lipinski definition) is 1. The average molecular weight is 239 g/mol. The van der Waals surface area contributed by atoms with Crippen molar-refractivity contribution in [1.82, 2.24) is 20.1 Å². The van der Waals surface area contributed by atoms with Crippen LogP contribution in [-0.2, 0) is 0 Å². The van der Waals surface area contributed by atoms with Crippen molar-refractivity contribution in [3.63, 3.8) is 0 Å². The highest BCUT2D eigenvalue weighted by atomic mass is 16.5. The zero-order valence-corrected chi connectivity index (χ0v) is 9.32. The molecule has 2 N–H and O–H groups in total. The number of rotatable bonds is 2. The SMILES string of the molecule is Nc1onc(-c2ncccn2)c1-c1cccnc1. The molecule has 0 aliphatic rings. The lowest BCUT2D eigenvalue weighted by Crippen LogP contribution is -1.91. The smallest absolute Gasteiger partial charge is 0.230 e. The van der Waals surface area contributed by atoms with E-state index in [1.54, 1.807) is 30.9 Å². The topological polar surface area (TPSA) is 90.7 Å². The van der Waals surface area contributed by atoms with Gasteiger partial charge in [0, 0.05) is 30.4 Å². The van der Waals surface area contributed by atoms with Crippen LogP contribution in [0.5, 0.6) is 0 Å². The van der Waals surface area contributed by atoms with Crippen molar-refractivity contribution in [2.24, 2.45) is 0 Å². The Bertz CT molecular complexity index is 651. The normalized spacial score (nSPS) is 10.4. The van der Waals surface area contributed by atoms with E-state index < -0.39 is 0 Å². The van der Waals surface area contributed by atoms with E-state index in [-0.39, 0.29) is 5.88 Å². The van der Waals surface area contributed by atoms with Crippen LogP contribution in [0.2, 0.25) is 0 Å². The molecule has 3 rings (SSSR count). The van der Waals surface area contributed by atoms with E-state index in [9.17, 15) is 0 Å². The molecule has 0 saturated heterocycles. The maximum Gasteiger partial charge on any atom is 0.230 e. The molecule has 3 aromatic rings. The van der Waals surface area contributed by atoms with Gasteiger partial charge in [0.15, 0.2) is 11.5 Å². The Morgan fingerprint density at radius 2 is 1.89 bits per heavy atom. The first-order valence-corrected chi connectivity index (χ1v) is 5.29. The number of pyridine rings is 1. The molecule has 6 nitrogen and oxygen atoms in total. The quantitative estimate of drug-likeness (QED) is 0.732. The van der Waals surface area contributed by atoms with E-state index >= 15 is 0 Å². The molecule has 0 spiro atoms. The molecule has 0 aliphatic carbocycles. The molecule has 0 aromatic carbocycles. The van der Waals surface area contributed by atoms with Crippen LogP contribution in [0, 0.1) is 0 Å². The van der Waals surface area contributed by atoms with E-state index in [1.807, 2.05) is 12.1 Å². The second-order valence-electron chi connectivity index (χ2n) is 3.58. The van der Waals surface area contributed by atoms with Crippen LogP contribution < -0.4 is 5.73 Å². The second-order valence-corrected chi connectivity index (χ2v) is 3.58. The van der Waals surface area contributed by atoms with E-state index in [0.29, 0.717) is 17.1 Å². The fraction of sp³-hybridized carbons (Fsp3) is 0. The highest BCUT2D eigenvalue weighted by molar-refractivity contribution is 5.84. The van der Waals surface area contributed by atoms with Crippen molar-refractivity contribution in [2.75, 3.05) is 5.73 Å². The Balaban J connectivity index is 2.19. The van der Waals surface area contributed by atoms with E-state index in [2.05, 4.69) is 20.1 Å². The second kappa shape index (κ2) is 4.25. The molecule has 0 unspecified atom stereocenters. The summed E-state index contributed by atoms with van der Waals surface area (Å²) in [6.45, 7) is 0. The van der Waals surface area contributed by atoms with Crippen molar-refractivity contribution in [1.29, 1.82) is 0 Å². The van der Waals surface area contributed by atoms with Gasteiger partial charge in [0.05, 0.1) is 5.56 Å². The zero-order valence-electron chi connectivity index (χ0n) is 9.32. The lowest BCUT2D eigenvalue weighted by molar-refractivity contribution is 0.439. The fourth-order valence-electron chi connectivity index (χ4n) is 1.67. The van der Waals surface area contributed by atoms with Crippen LogP contribution in [0.25, 0.3) is 22.6 Å². The summed E-state index contributed by atoms with van der Waals surface area (Å²) in [5, 5.41) is 3.91. The Morgan fingerprint density at radius 1 is 1.06 bits per heavy atom. The minimum atomic E-state index is 0.227. The number of aromatic nitrogens is 4. The summed E-state index contributed by atoms with van der Waals surface area (Å²) in [4.78, 5) is 12.3. The molecule has 0 bridgehead atoms. The zero-order chi connectivity index (χ0) is 12.4. The third kappa shape index (κ3) is 1.69. The molecule has 3 aromatic heterocycles. The van der Waals surface area contributed by atoms with E-state index in [4.69, 9.17) is 10.3 Å². The summed E-state index contributed by atoms with van der Waals surface area (Å²) in [6.07, 6.45) is 6.65. The molecule has 0 saturated carbocycles. The van der Waals surface area contributed by atoms with Gasteiger partial charge in [-0.2, -0.15) is 0 Å². The molecule has 18 heavy (non-hydrogen) atoms. The van der Waals surface area contributed by atoms with Gasteiger partial charge < -0.3 is 10.3 Å². The van der Waals surface area contributed by atoms with Crippen LogP contribution in [0.15, 0.2) is 47.5 Å². The number of hydrogen-bond acceptors (Lipinski definition) is 6. The molecular weight excluding hydrogens is 230 g/mol. The lowest BCUT2D eigenvalue weighted by Gasteiger charge is -2.00. The number of nitrogen functional groups attached to an aromatic ring is 1. The van der Waals surface area contributed by atoms with Crippen LogP contribution in [0.3, 0.4) is 0 Å². The molecule has 0 atom stereocenters. The van der Waals surface area contributed by atoms with Crippen LogP contribution in [-0.4, -0.2) is 20.1 Å². The van der Waals surface area contributed by atoms with Gasteiger partial charge in [-0.3, -0.25) is 4.98 Å². The maximum absolute atomic E-state index is 5.80. The Kier molecular flexibility index (Phi) is 2.45. The Hall–Kier alpha value is -2.76. The first-order valence-electron chi connectivity index (χ1n) is 5.29. The molecule has 6 heteroatoms. The van der Waals surface area contributed by atoms with Crippen LogP contribution >= 0.6 is 0 Å². The van der Waals surface area contributed by atoms with Crippen molar-refractivity contribution in [3.8, 4) is 22.6 Å². The van der Waals surface area contributed by atoms with Gasteiger partial charge in [-0.15, -0.1) is 0 Å². The largest absolute Gasteiger partial charge is 0.367 e. The maximum atomic E-state index is 5.80. The summed E-state index contributed by atoms with van der Waals surface area (Å²) < 4.78 is 5.02. The van der Waals surface area contributed by atoms with Crippen molar-refractivity contribution >= 4 is 5.88 Å². The molecule has 0 radical (unpaired) electrons. The molecule has 0 amide bonds. The van der Waals surface area contributed by atoms with Gasteiger partial charge in [0.25, 0.3) is 0 Å². The van der Waals surface area contributed by atoms with Gasteiger partial charge in [-0.05, 0) is 12.1 Å². The Labute approximate surface area is 103 Å². The molecule has 3 heterocycles. The first kappa shape index (κ1) is 10.4. The van der Waals surface area contributed by atoms with Crippen molar-refractivity contribution in [2.45, 2.75) is 0 Å². The molecule has 0 fully saturated rings. The minimum Gasteiger partial charge on any atom is -0.367 e. The summed E-state index contributed by atoms with van der Waals surface area (Å²) in [7, 11) is 0. The predicted molar refractivity (Wildman–Crippen MR) is 65.2 cm³/mol. The summed E-state index contributed by atoms with van der Waals surface area (Å²) in [5.74, 6) is 0.697. The van der Waals surface area contributed by atoms with Gasteiger partial charge in [0.2, 0.25) is 5.88 Å². The minimum absolute atomic E-state index is 0.227. The van der Waals surface area contributed by atoms with Gasteiger partial charge >= 0.3 is 0 Å². The third-order valence-electron chi connectivity index (χ3n) is 2.45. The number of nitrogens with zero attached hydrogens (tertiary/aromatic N) is 4. The highest BCUT2D eigenvalue weighted by Gasteiger charge is 2.19. The highest BCUT2D eigenvalue weighted by Crippen LogP contribution is 2.33. The van der Waals surface area contributed by atoms with Gasteiger partial charge in [-0.1, -0.05) is 11.2 Å². The Morgan fingerprint density at radius 3 is 2.61 bits per heavy atom. The summed E-state index contributed by atoms with van der Waals surface area (Å²) in [6, 6.07) is 5.43. The summed E-state index contributed by atoms with van der Waals surface area (Å²) >= 11 is 0. The van der Waals surface area contributed by atoms with E-state index in [0.717, 1.165) is 5.56 Å². The van der Waals surface area contributed by atoms with Crippen molar-refractivity contribution < 1.29 is 4.52 Å². The van der Waals surface area contributed by atoms with Gasteiger partial charge in [0.1, 0.15) is 0 Å². The number of nitrogens with two attached hydrogens (primary N) is 1. The van der Waals surface area contributed by atoms with E-state index in [1.165, 1.54) is 0 Å². The molecule has 0 aliphatic heterocycles. The lowest BCUT2D eigenvalue weighted by atomic mass is 10.1.